The monoisotopic (exact) mass is 205 g/mol. The predicted molar refractivity (Wildman–Crippen MR) is 58.4 cm³/mol. The first-order valence-corrected chi connectivity index (χ1v) is 4.93. The van der Waals surface area contributed by atoms with Crippen LogP contribution in [-0.2, 0) is 16.0 Å². The molecule has 3 nitrogen and oxygen atoms in total. The molecule has 1 aromatic carbocycles. The van der Waals surface area contributed by atoms with Crippen LogP contribution < -0.4 is 5.32 Å². The highest BCUT2D eigenvalue weighted by atomic mass is 16.2. The minimum atomic E-state index is -0.402. The van der Waals surface area contributed by atoms with Gasteiger partial charge < -0.3 is 5.32 Å². The summed E-state index contributed by atoms with van der Waals surface area (Å²) in [7, 11) is 0. The topological polar surface area (TPSA) is 46.2 Å². The van der Waals surface area contributed by atoms with Crippen molar-refractivity contribution < 1.29 is 9.59 Å². The summed E-state index contributed by atoms with van der Waals surface area (Å²) < 4.78 is 0. The summed E-state index contributed by atoms with van der Waals surface area (Å²) in [6.45, 7) is 3.15. The number of carbonyl (C=O) groups excluding carboxylic acids is 2. The van der Waals surface area contributed by atoms with Crippen LogP contribution in [0.3, 0.4) is 0 Å². The molecule has 80 valence electrons. The van der Waals surface area contributed by atoms with E-state index in [2.05, 4.69) is 5.32 Å². The fourth-order valence-corrected chi connectivity index (χ4v) is 1.18. The summed E-state index contributed by atoms with van der Waals surface area (Å²) in [5.41, 5.74) is 0.950. The third-order valence-electron chi connectivity index (χ3n) is 2.19. The zero-order valence-corrected chi connectivity index (χ0v) is 8.99. The summed E-state index contributed by atoms with van der Waals surface area (Å²) in [5.74, 6) is -0.152. The average molecular weight is 205 g/mol. The molecular weight excluding hydrogens is 190 g/mol. The number of hydrogen-bond donors (Lipinski definition) is 1. The molecule has 0 fully saturated rings. The smallest absolute Gasteiger partial charge is 0.224 e. The van der Waals surface area contributed by atoms with Gasteiger partial charge in [-0.15, -0.1) is 0 Å². The molecular formula is C12H15NO2. The van der Waals surface area contributed by atoms with Crippen LogP contribution in [0.2, 0.25) is 0 Å². The lowest BCUT2D eigenvalue weighted by Crippen LogP contribution is -2.38. The molecule has 15 heavy (non-hydrogen) atoms. The Kier molecular flexibility index (Phi) is 4.03. The van der Waals surface area contributed by atoms with E-state index < -0.39 is 6.04 Å². The minimum absolute atomic E-state index is 0.0311. The molecule has 1 N–H and O–H groups in total. The Bertz CT molecular complexity index is 346. The Hall–Kier alpha value is -1.64. The fourth-order valence-electron chi connectivity index (χ4n) is 1.18. The Labute approximate surface area is 89.5 Å². The van der Waals surface area contributed by atoms with E-state index in [-0.39, 0.29) is 11.7 Å². The Morgan fingerprint density at radius 1 is 1.27 bits per heavy atom. The summed E-state index contributed by atoms with van der Waals surface area (Å²) in [6, 6.07) is 9.05. The summed E-state index contributed by atoms with van der Waals surface area (Å²) in [5, 5.41) is 2.64. The lowest BCUT2D eigenvalue weighted by Gasteiger charge is -2.10. The first-order chi connectivity index (χ1) is 7.09. The molecule has 0 aliphatic rings. The van der Waals surface area contributed by atoms with Gasteiger partial charge in [-0.1, -0.05) is 30.3 Å². The summed E-state index contributed by atoms with van der Waals surface area (Å²) in [6.07, 6.45) is 0.318. The molecule has 0 saturated heterocycles. The molecule has 0 saturated carbocycles. The molecule has 0 spiro atoms. The van der Waals surface area contributed by atoms with Crippen molar-refractivity contribution in [2.24, 2.45) is 0 Å². The highest BCUT2D eigenvalue weighted by molar-refractivity contribution is 5.87. The van der Waals surface area contributed by atoms with Gasteiger partial charge in [-0.05, 0) is 19.4 Å². The van der Waals surface area contributed by atoms with Gasteiger partial charge in [-0.2, -0.15) is 0 Å². The molecule has 0 aromatic heterocycles. The van der Waals surface area contributed by atoms with E-state index in [0.29, 0.717) is 6.42 Å². The first kappa shape index (κ1) is 11.4. The van der Waals surface area contributed by atoms with Crippen LogP contribution >= 0.6 is 0 Å². The van der Waals surface area contributed by atoms with Crippen molar-refractivity contribution in [1.82, 2.24) is 5.32 Å². The SMILES string of the molecule is CC(=O)C(C)NC(=O)Cc1ccccc1. The van der Waals surface area contributed by atoms with Gasteiger partial charge in [0.1, 0.15) is 0 Å². The van der Waals surface area contributed by atoms with Crippen LogP contribution in [0.15, 0.2) is 30.3 Å². The van der Waals surface area contributed by atoms with Crippen molar-refractivity contribution in [1.29, 1.82) is 0 Å². The van der Waals surface area contributed by atoms with E-state index in [9.17, 15) is 9.59 Å². The maximum absolute atomic E-state index is 11.5. The molecule has 0 radical (unpaired) electrons. The van der Waals surface area contributed by atoms with Crippen LogP contribution in [0.4, 0.5) is 0 Å². The third kappa shape index (κ3) is 3.94. The number of rotatable bonds is 4. The number of carbonyl (C=O) groups is 2. The van der Waals surface area contributed by atoms with Gasteiger partial charge in [-0.25, -0.2) is 0 Å². The number of hydrogen-bond acceptors (Lipinski definition) is 2. The fraction of sp³-hybridized carbons (Fsp3) is 0.333. The lowest BCUT2D eigenvalue weighted by atomic mass is 10.1. The van der Waals surface area contributed by atoms with Gasteiger partial charge >= 0.3 is 0 Å². The molecule has 1 aromatic rings. The van der Waals surface area contributed by atoms with E-state index in [1.807, 2.05) is 30.3 Å². The predicted octanol–water partition coefficient (Wildman–Crippen LogP) is 1.32. The van der Waals surface area contributed by atoms with Gasteiger partial charge in [-0.3, -0.25) is 9.59 Å². The van der Waals surface area contributed by atoms with Gasteiger partial charge in [0.25, 0.3) is 0 Å². The molecule has 1 rings (SSSR count). The van der Waals surface area contributed by atoms with Crippen LogP contribution in [0.5, 0.6) is 0 Å². The van der Waals surface area contributed by atoms with Crippen LogP contribution in [-0.4, -0.2) is 17.7 Å². The van der Waals surface area contributed by atoms with E-state index >= 15 is 0 Å². The average Bonchev–Trinajstić information content (AvgIpc) is 2.18. The molecule has 0 aliphatic heterocycles. The van der Waals surface area contributed by atoms with Crippen molar-refractivity contribution in [3.8, 4) is 0 Å². The third-order valence-corrected chi connectivity index (χ3v) is 2.19. The largest absolute Gasteiger partial charge is 0.346 e. The van der Waals surface area contributed by atoms with Crippen molar-refractivity contribution in [3.05, 3.63) is 35.9 Å². The van der Waals surface area contributed by atoms with Gasteiger partial charge in [0.15, 0.2) is 5.78 Å². The quantitative estimate of drug-likeness (QED) is 0.805. The summed E-state index contributed by atoms with van der Waals surface area (Å²) in [4.78, 5) is 22.4. The molecule has 0 aliphatic carbocycles. The van der Waals surface area contributed by atoms with Crippen molar-refractivity contribution in [2.75, 3.05) is 0 Å². The van der Waals surface area contributed by atoms with Crippen molar-refractivity contribution in [2.45, 2.75) is 26.3 Å². The first-order valence-electron chi connectivity index (χ1n) is 4.93. The second kappa shape index (κ2) is 5.29. The zero-order valence-electron chi connectivity index (χ0n) is 8.99. The summed E-state index contributed by atoms with van der Waals surface area (Å²) >= 11 is 0. The van der Waals surface area contributed by atoms with Crippen LogP contribution in [0.25, 0.3) is 0 Å². The molecule has 0 bridgehead atoms. The number of ketones is 1. The molecule has 0 heterocycles. The Balaban J connectivity index is 2.47. The highest BCUT2D eigenvalue weighted by Crippen LogP contribution is 1.99. The van der Waals surface area contributed by atoms with E-state index in [0.717, 1.165) is 5.56 Å². The molecule has 3 heteroatoms. The second-order valence-corrected chi connectivity index (χ2v) is 3.56. The zero-order chi connectivity index (χ0) is 11.3. The molecule has 1 atom stereocenters. The highest BCUT2D eigenvalue weighted by Gasteiger charge is 2.10. The van der Waals surface area contributed by atoms with Crippen molar-refractivity contribution >= 4 is 11.7 Å². The number of Topliss-reactive ketones (excluding diaryl/α,β-unsaturated/α-hetero) is 1. The minimum Gasteiger partial charge on any atom is -0.346 e. The van der Waals surface area contributed by atoms with E-state index in [1.165, 1.54) is 6.92 Å². The van der Waals surface area contributed by atoms with Crippen molar-refractivity contribution in [3.63, 3.8) is 0 Å². The molecule has 1 unspecified atom stereocenters. The van der Waals surface area contributed by atoms with E-state index in [1.54, 1.807) is 6.92 Å². The van der Waals surface area contributed by atoms with Crippen LogP contribution in [0.1, 0.15) is 19.4 Å². The van der Waals surface area contributed by atoms with Gasteiger partial charge in [0.2, 0.25) is 5.91 Å². The maximum atomic E-state index is 11.5. The standard InChI is InChI=1S/C12H15NO2/c1-9(10(2)14)13-12(15)8-11-6-4-3-5-7-11/h3-7,9H,8H2,1-2H3,(H,13,15). The second-order valence-electron chi connectivity index (χ2n) is 3.56. The van der Waals surface area contributed by atoms with Gasteiger partial charge in [0.05, 0.1) is 12.5 Å². The Morgan fingerprint density at radius 2 is 1.87 bits per heavy atom. The Morgan fingerprint density at radius 3 is 2.40 bits per heavy atom. The van der Waals surface area contributed by atoms with E-state index in [4.69, 9.17) is 0 Å². The van der Waals surface area contributed by atoms with Crippen LogP contribution in [0, 0.1) is 0 Å². The maximum Gasteiger partial charge on any atom is 0.224 e. The number of amides is 1. The lowest BCUT2D eigenvalue weighted by molar-refractivity contribution is -0.126. The van der Waals surface area contributed by atoms with Gasteiger partial charge in [0, 0.05) is 0 Å². The normalized spacial score (nSPS) is 11.9. The number of nitrogens with one attached hydrogen (secondary N) is 1. The molecule has 1 amide bonds. The number of benzene rings is 1.